The van der Waals surface area contributed by atoms with Crippen molar-refractivity contribution in [2.75, 3.05) is 7.11 Å². The van der Waals surface area contributed by atoms with Crippen LogP contribution in [0.3, 0.4) is 0 Å². The molecule has 0 radical (unpaired) electrons. The number of ether oxygens (including phenoxy) is 1. The molecule has 0 heterocycles. The number of hydrogen-bond acceptors (Lipinski definition) is 3. The van der Waals surface area contributed by atoms with Crippen LogP contribution in [-0.2, 0) is 14.3 Å². The number of rotatable bonds is 2. The van der Waals surface area contributed by atoms with Gasteiger partial charge in [0.15, 0.2) is 0 Å². The van der Waals surface area contributed by atoms with Crippen LogP contribution in [-0.4, -0.2) is 19.0 Å². The van der Waals surface area contributed by atoms with E-state index in [0.717, 1.165) is 0 Å². The number of nitrogens with one attached hydrogen (secondary N) is 1. The molecular weight excluding hydrogens is 214 g/mol. The molecule has 0 atom stereocenters. The van der Waals surface area contributed by atoms with Crippen LogP contribution in [0, 0.1) is 0 Å². The minimum Gasteiger partial charge on any atom is -0.464 e. The minimum absolute atomic E-state index is 0.0833. The molecule has 0 saturated heterocycles. The topological polar surface area (TPSA) is 55.4 Å². The Hall–Kier alpha value is -0.840. The maximum atomic E-state index is 10.7. The smallest absolute Gasteiger partial charge is 0.355 e. The van der Waals surface area contributed by atoms with Gasteiger partial charge in [0.1, 0.15) is 5.70 Å². The van der Waals surface area contributed by atoms with E-state index in [1.54, 1.807) is 0 Å². The normalized spacial score (nSPS) is 10.6. The molecule has 0 aliphatic heterocycles. The van der Waals surface area contributed by atoms with Crippen molar-refractivity contribution in [2.45, 2.75) is 6.92 Å². The molecule has 0 rings (SSSR count). The zero-order chi connectivity index (χ0) is 8.85. The van der Waals surface area contributed by atoms with Gasteiger partial charge in [0, 0.05) is 11.9 Å². The number of methoxy groups -OCH3 is 1. The maximum Gasteiger partial charge on any atom is 0.355 e. The predicted octanol–water partition coefficient (Wildman–Crippen LogP) is 0.532. The summed E-state index contributed by atoms with van der Waals surface area (Å²) in [5.41, 5.74) is 0.0833. The first-order valence-corrected chi connectivity index (χ1v) is 3.69. The van der Waals surface area contributed by atoms with Crippen LogP contribution in [0.15, 0.2) is 10.7 Å². The second kappa shape index (κ2) is 4.90. The molecule has 0 aromatic rings. The summed E-state index contributed by atoms with van der Waals surface area (Å²) >= 11 is 2.91. The average Bonchev–Trinajstić information content (AvgIpc) is 1.98. The molecule has 0 bridgehead atoms. The fraction of sp³-hybridized carbons (Fsp3) is 0.333. The van der Waals surface area contributed by atoms with Gasteiger partial charge in [0.2, 0.25) is 5.91 Å². The Kier molecular flexibility index (Phi) is 4.52. The van der Waals surface area contributed by atoms with Crippen LogP contribution < -0.4 is 5.32 Å². The van der Waals surface area contributed by atoms with Crippen LogP contribution in [0.25, 0.3) is 0 Å². The third kappa shape index (κ3) is 3.77. The molecule has 0 fully saturated rings. The van der Waals surface area contributed by atoms with E-state index < -0.39 is 5.97 Å². The first-order chi connectivity index (χ1) is 5.11. The molecule has 0 aromatic carbocycles. The molecule has 0 aromatic heterocycles. The third-order valence-corrected chi connectivity index (χ3v) is 1.28. The number of carbonyl (C=O) groups excluding carboxylic acids is 2. The Morgan fingerprint density at radius 2 is 2.09 bits per heavy atom. The van der Waals surface area contributed by atoms with E-state index in [1.807, 2.05) is 0 Å². The summed E-state index contributed by atoms with van der Waals surface area (Å²) in [4.78, 5) is 22.5. The largest absolute Gasteiger partial charge is 0.464 e. The quantitative estimate of drug-likeness (QED) is 0.547. The van der Waals surface area contributed by atoms with Crippen LogP contribution in [0.2, 0.25) is 0 Å². The summed E-state index contributed by atoms with van der Waals surface area (Å²) < 4.78 is 4.35. The lowest BCUT2D eigenvalue weighted by Gasteiger charge is -2.02. The fourth-order valence-electron chi connectivity index (χ4n) is 0.422. The van der Waals surface area contributed by atoms with E-state index in [2.05, 4.69) is 26.0 Å². The Balaban J connectivity index is 4.20. The summed E-state index contributed by atoms with van der Waals surface area (Å²) in [6, 6.07) is 0. The van der Waals surface area contributed by atoms with Gasteiger partial charge in [-0.3, -0.25) is 4.79 Å². The zero-order valence-corrected chi connectivity index (χ0v) is 7.77. The Morgan fingerprint density at radius 1 is 1.55 bits per heavy atom. The first-order valence-electron chi connectivity index (χ1n) is 2.78. The summed E-state index contributed by atoms with van der Waals surface area (Å²) in [5, 5.41) is 2.28. The SMILES string of the molecule is COC(=O)/C(=C/Br)NC(C)=O. The van der Waals surface area contributed by atoms with Crippen molar-refractivity contribution in [3.8, 4) is 0 Å². The molecule has 0 aliphatic carbocycles. The monoisotopic (exact) mass is 221 g/mol. The van der Waals surface area contributed by atoms with Crippen molar-refractivity contribution in [1.29, 1.82) is 0 Å². The maximum absolute atomic E-state index is 10.7. The summed E-state index contributed by atoms with van der Waals surface area (Å²) in [7, 11) is 1.24. The predicted molar refractivity (Wildman–Crippen MR) is 42.8 cm³/mol. The molecule has 0 saturated carbocycles. The number of carbonyl (C=O) groups is 2. The summed E-state index contributed by atoms with van der Waals surface area (Å²) in [6.07, 6.45) is 0. The molecule has 0 aliphatic rings. The molecule has 0 unspecified atom stereocenters. The van der Waals surface area contributed by atoms with Crippen LogP contribution in [0.5, 0.6) is 0 Å². The molecule has 0 spiro atoms. The summed E-state index contributed by atoms with van der Waals surface area (Å²) in [5.74, 6) is -0.904. The third-order valence-electron chi connectivity index (χ3n) is 0.825. The van der Waals surface area contributed by atoms with Gasteiger partial charge in [-0.1, -0.05) is 15.9 Å². The number of esters is 1. The van der Waals surface area contributed by atoms with E-state index in [9.17, 15) is 9.59 Å². The van der Waals surface area contributed by atoms with Gasteiger partial charge in [-0.2, -0.15) is 0 Å². The Bertz CT molecular complexity index is 200. The van der Waals surface area contributed by atoms with Crippen molar-refractivity contribution < 1.29 is 14.3 Å². The van der Waals surface area contributed by atoms with E-state index in [0.29, 0.717) is 0 Å². The molecule has 4 nitrogen and oxygen atoms in total. The highest BCUT2D eigenvalue weighted by Crippen LogP contribution is 1.96. The second-order valence-electron chi connectivity index (χ2n) is 1.70. The molecule has 11 heavy (non-hydrogen) atoms. The first kappa shape index (κ1) is 10.2. The minimum atomic E-state index is -0.586. The van der Waals surface area contributed by atoms with Crippen molar-refractivity contribution in [3.63, 3.8) is 0 Å². The Labute approximate surface area is 72.7 Å². The highest BCUT2D eigenvalue weighted by Gasteiger charge is 2.08. The lowest BCUT2D eigenvalue weighted by Crippen LogP contribution is -2.25. The molecule has 1 amide bonds. The van der Waals surface area contributed by atoms with E-state index >= 15 is 0 Å². The standard InChI is InChI=1S/C6H8BrNO3/c1-4(9)8-5(3-7)6(10)11-2/h3H,1-2H3,(H,8,9)/b5-3-. The average molecular weight is 222 g/mol. The van der Waals surface area contributed by atoms with Gasteiger partial charge in [-0.05, 0) is 0 Å². The highest BCUT2D eigenvalue weighted by molar-refractivity contribution is 9.11. The summed E-state index contributed by atoms with van der Waals surface area (Å²) in [6.45, 7) is 1.30. The molecule has 62 valence electrons. The van der Waals surface area contributed by atoms with Crippen LogP contribution >= 0.6 is 15.9 Å². The number of halogens is 1. The zero-order valence-electron chi connectivity index (χ0n) is 6.18. The van der Waals surface area contributed by atoms with Crippen LogP contribution in [0.4, 0.5) is 0 Å². The fourth-order valence-corrected chi connectivity index (χ4v) is 0.724. The van der Waals surface area contributed by atoms with Gasteiger partial charge < -0.3 is 10.1 Å². The van der Waals surface area contributed by atoms with Crippen molar-refractivity contribution >= 4 is 27.8 Å². The van der Waals surface area contributed by atoms with Crippen LogP contribution in [0.1, 0.15) is 6.92 Å². The van der Waals surface area contributed by atoms with Gasteiger partial charge in [0.05, 0.1) is 7.11 Å². The van der Waals surface area contributed by atoms with E-state index in [1.165, 1.54) is 19.0 Å². The highest BCUT2D eigenvalue weighted by atomic mass is 79.9. The lowest BCUT2D eigenvalue weighted by molar-refractivity contribution is -0.137. The van der Waals surface area contributed by atoms with Crippen molar-refractivity contribution in [3.05, 3.63) is 10.7 Å². The van der Waals surface area contributed by atoms with E-state index in [4.69, 9.17) is 0 Å². The van der Waals surface area contributed by atoms with Crippen molar-refractivity contribution in [2.24, 2.45) is 0 Å². The van der Waals surface area contributed by atoms with Crippen molar-refractivity contribution in [1.82, 2.24) is 5.32 Å². The van der Waals surface area contributed by atoms with Gasteiger partial charge in [0.25, 0.3) is 0 Å². The van der Waals surface area contributed by atoms with Gasteiger partial charge in [-0.25, -0.2) is 4.79 Å². The second-order valence-corrected chi connectivity index (χ2v) is 2.15. The van der Waals surface area contributed by atoms with Gasteiger partial charge >= 0.3 is 5.97 Å². The molecule has 5 heteroatoms. The van der Waals surface area contributed by atoms with Gasteiger partial charge in [-0.15, -0.1) is 0 Å². The number of amides is 1. The lowest BCUT2D eigenvalue weighted by atomic mass is 10.5. The molecule has 1 N–H and O–H groups in total. The number of hydrogen-bond donors (Lipinski definition) is 1. The Morgan fingerprint density at radius 3 is 2.36 bits per heavy atom. The van der Waals surface area contributed by atoms with E-state index in [-0.39, 0.29) is 11.6 Å². The molecular formula is C6H8BrNO3.